The number of halogens is 3. The van der Waals surface area contributed by atoms with Crippen LogP contribution < -0.4 is 10.1 Å². The van der Waals surface area contributed by atoms with Gasteiger partial charge in [-0.3, -0.25) is 4.79 Å². The first-order chi connectivity index (χ1) is 11.3. The van der Waals surface area contributed by atoms with Crippen LogP contribution in [0.1, 0.15) is 30.9 Å². The molecule has 24 heavy (non-hydrogen) atoms. The second kappa shape index (κ2) is 7.38. The fraction of sp³-hybridized carbons (Fsp3) is 0.278. The van der Waals surface area contributed by atoms with E-state index in [-0.39, 0.29) is 12.4 Å². The average molecular weight is 337 g/mol. The molecule has 1 N–H and O–H groups in total. The van der Waals surface area contributed by atoms with Crippen LogP contribution in [0.25, 0.3) is 0 Å². The molecule has 0 saturated carbocycles. The van der Waals surface area contributed by atoms with Crippen molar-refractivity contribution in [1.29, 1.82) is 0 Å². The molecule has 2 aromatic rings. The summed E-state index contributed by atoms with van der Waals surface area (Å²) in [6.45, 7) is 3.76. The molecule has 0 aliphatic rings. The number of hydrogen-bond acceptors (Lipinski definition) is 2. The van der Waals surface area contributed by atoms with Gasteiger partial charge in [-0.25, -0.2) is 0 Å². The van der Waals surface area contributed by atoms with E-state index in [1.165, 1.54) is 12.1 Å². The highest BCUT2D eigenvalue weighted by molar-refractivity contribution is 5.91. The molecule has 0 aromatic heterocycles. The third kappa shape index (κ3) is 5.01. The highest BCUT2D eigenvalue weighted by atomic mass is 19.4. The van der Waals surface area contributed by atoms with E-state index in [1.54, 1.807) is 12.1 Å². The van der Waals surface area contributed by atoms with E-state index >= 15 is 0 Å². The van der Waals surface area contributed by atoms with Crippen molar-refractivity contribution in [1.82, 2.24) is 0 Å². The summed E-state index contributed by atoms with van der Waals surface area (Å²) in [5.41, 5.74) is 0.940. The first-order valence-electron chi connectivity index (χ1n) is 7.45. The van der Waals surface area contributed by atoms with Crippen molar-refractivity contribution in [3.63, 3.8) is 0 Å². The summed E-state index contributed by atoms with van der Waals surface area (Å²) >= 11 is 0. The lowest BCUT2D eigenvalue weighted by Gasteiger charge is -2.11. The van der Waals surface area contributed by atoms with Crippen LogP contribution in [0.2, 0.25) is 0 Å². The summed E-state index contributed by atoms with van der Waals surface area (Å²) in [4.78, 5) is 11.8. The molecular weight excluding hydrogens is 319 g/mol. The van der Waals surface area contributed by atoms with Gasteiger partial charge in [-0.05, 0) is 41.8 Å². The normalized spacial score (nSPS) is 11.4. The molecule has 0 bridgehead atoms. The van der Waals surface area contributed by atoms with Gasteiger partial charge in [0.15, 0.2) is 6.61 Å². The van der Waals surface area contributed by atoms with E-state index in [0.717, 1.165) is 17.7 Å². The van der Waals surface area contributed by atoms with Crippen LogP contribution in [0, 0.1) is 0 Å². The number of rotatable bonds is 5. The Balaban J connectivity index is 1.91. The first kappa shape index (κ1) is 17.8. The summed E-state index contributed by atoms with van der Waals surface area (Å²) in [5, 5.41) is 2.64. The molecule has 0 heterocycles. The van der Waals surface area contributed by atoms with E-state index in [0.29, 0.717) is 11.6 Å². The molecule has 0 saturated heterocycles. The van der Waals surface area contributed by atoms with Gasteiger partial charge in [0.25, 0.3) is 5.91 Å². The topological polar surface area (TPSA) is 38.3 Å². The summed E-state index contributed by atoms with van der Waals surface area (Å²) in [5.74, 6) is -0.0566. The number of carbonyl (C=O) groups excluding carboxylic acids is 1. The SMILES string of the molecule is CC(C)c1ccc(NC(=O)COc2cccc(C(F)(F)F)c2)cc1. The highest BCUT2D eigenvalue weighted by Crippen LogP contribution is 2.31. The van der Waals surface area contributed by atoms with Crippen LogP contribution in [0.3, 0.4) is 0 Å². The summed E-state index contributed by atoms with van der Waals surface area (Å²) in [6.07, 6.45) is -4.44. The van der Waals surface area contributed by atoms with Gasteiger partial charge in [0, 0.05) is 5.69 Å². The predicted octanol–water partition coefficient (Wildman–Crippen LogP) is 4.85. The second-order valence-corrected chi connectivity index (χ2v) is 5.64. The van der Waals surface area contributed by atoms with E-state index < -0.39 is 17.6 Å². The lowest BCUT2D eigenvalue weighted by Crippen LogP contribution is -2.20. The van der Waals surface area contributed by atoms with E-state index in [1.807, 2.05) is 12.1 Å². The van der Waals surface area contributed by atoms with E-state index in [2.05, 4.69) is 19.2 Å². The molecule has 128 valence electrons. The summed E-state index contributed by atoms with van der Waals surface area (Å²) in [6, 6.07) is 11.8. The number of anilines is 1. The van der Waals surface area contributed by atoms with Crippen LogP contribution in [-0.4, -0.2) is 12.5 Å². The minimum Gasteiger partial charge on any atom is -0.484 e. The van der Waals surface area contributed by atoms with Gasteiger partial charge >= 0.3 is 6.18 Å². The quantitative estimate of drug-likeness (QED) is 0.847. The van der Waals surface area contributed by atoms with Crippen molar-refractivity contribution in [2.45, 2.75) is 25.9 Å². The standard InChI is InChI=1S/C18H18F3NO2/c1-12(2)13-6-8-15(9-7-13)22-17(23)11-24-16-5-3-4-14(10-16)18(19,20)21/h3-10,12H,11H2,1-2H3,(H,22,23). The number of benzene rings is 2. The minimum atomic E-state index is -4.44. The number of alkyl halides is 3. The van der Waals surface area contributed by atoms with Crippen molar-refractivity contribution in [2.75, 3.05) is 11.9 Å². The molecule has 0 spiro atoms. The predicted molar refractivity (Wildman–Crippen MR) is 86.1 cm³/mol. The first-order valence-corrected chi connectivity index (χ1v) is 7.45. The molecule has 0 aliphatic heterocycles. The Hall–Kier alpha value is -2.50. The molecule has 2 aromatic carbocycles. The van der Waals surface area contributed by atoms with Gasteiger partial charge in [0.05, 0.1) is 5.56 Å². The fourth-order valence-corrected chi connectivity index (χ4v) is 2.06. The lowest BCUT2D eigenvalue weighted by molar-refractivity contribution is -0.137. The van der Waals surface area contributed by atoms with E-state index in [9.17, 15) is 18.0 Å². The Morgan fingerprint density at radius 3 is 2.38 bits per heavy atom. The number of carbonyl (C=O) groups is 1. The second-order valence-electron chi connectivity index (χ2n) is 5.64. The zero-order chi connectivity index (χ0) is 17.7. The molecular formula is C18H18F3NO2. The number of amides is 1. The van der Waals surface area contributed by atoms with Crippen LogP contribution in [0.15, 0.2) is 48.5 Å². The van der Waals surface area contributed by atoms with Crippen molar-refractivity contribution < 1.29 is 22.7 Å². The van der Waals surface area contributed by atoms with Gasteiger partial charge in [-0.2, -0.15) is 13.2 Å². The van der Waals surface area contributed by atoms with E-state index in [4.69, 9.17) is 4.74 Å². The van der Waals surface area contributed by atoms with Crippen molar-refractivity contribution in [3.8, 4) is 5.75 Å². The molecule has 0 unspecified atom stereocenters. The van der Waals surface area contributed by atoms with Gasteiger partial charge in [0.2, 0.25) is 0 Å². The maximum atomic E-state index is 12.6. The Morgan fingerprint density at radius 2 is 1.79 bits per heavy atom. The van der Waals surface area contributed by atoms with Crippen LogP contribution >= 0.6 is 0 Å². The highest BCUT2D eigenvalue weighted by Gasteiger charge is 2.30. The van der Waals surface area contributed by atoms with Gasteiger partial charge < -0.3 is 10.1 Å². The third-order valence-corrected chi connectivity index (χ3v) is 3.39. The Bertz CT molecular complexity index is 694. The van der Waals surface area contributed by atoms with Crippen molar-refractivity contribution in [3.05, 3.63) is 59.7 Å². The molecule has 3 nitrogen and oxygen atoms in total. The van der Waals surface area contributed by atoms with Crippen LogP contribution in [0.4, 0.5) is 18.9 Å². The Morgan fingerprint density at radius 1 is 1.12 bits per heavy atom. The third-order valence-electron chi connectivity index (χ3n) is 3.39. The Kier molecular flexibility index (Phi) is 5.49. The van der Waals surface area contributed by atoms with Crippen molar-refractivity contribution >= 4 is 11.6 Å². The van der Waals surface area contributed by atoms with Crippen LogP contribution in [-0.2, 0) is 11.0 Å². The maximum absolute atomic E-state index is 12.6. The monoisotopic (exact) mass is 337 g/mol. The van der Waals surface area contributed by atoms with Gasteiger partial charge in [-0.15, -0.1) is 0 Å². The molecule has 0 radical (unpaired) electrons. The lowest BCUT2D eigenvalue weighted by atomic mass is 10.0. The molecule has 0 aliphatic carbocycles. The number of hydrogen-bond donors (Lipinski definition) is 1. The summed E-state index contributed by atoms with van der Waals surface area (Å²) in [7, 11) is 0. The van der Waals surface area contributed by atoms with Gasteiger partial charge in [-0.1, -0.05) is 32.0 Å². The number of ether oxygens (including phenoxy) is 1. The summed E-state index contributed by atoms with van der Waals surface area (Å²) < 4.78 is 43.0. The molecule has 2 rings (SSSR count). The average Bonchev–Trinajstić information content (AvgIpc) is 2.53. The largest absolute Gasteiger partial charge is 0.484 e. The zero-order valence-electron chi connectivity index (χ0n) is 13.4. The zero-order valence-corrected chi connectivity index (χ0v) is 13.4. The minimum absolute atomic E-state index is 0.00451. The smallest absolute Gasteiger partial charge is 0.416 e. The molecule has 6 heteroatoms. The molecule has 0 fully saturated rings. The molecule has 1 amide bonds. The molecule has 0 atom stereocenters. The van der Waals surface area contributed by atoms with Crippen LogP contribution in [0.5, 0.6) is 5.75 Å². The van der Waals surface area contributed by atoms with Crippen molar-refractivity contribution in [2.24, 2.45) is 0 Å². The maximum Gasteiger partial charge on any atom is 0.416 e. The van der Waals surface area contributed by atoms with Gasteiger partial charge in [0.1, 0.15) is 5.75 Å². The fourth-order valence-electron chi connectivity index (χ4n) is 2.06. The Labute approximate surface area is 138 Å². The number of nitrogens with one attached hydrogen (secondary N) is 1.